The number of rotatable bonds is 9. The maximum atomic E-state index is 4.74. The van der Waals surface area contributed by atoms with Crippen LogP contribution in [0, 0.1) is 0 Å². The van der Waals surface area contributed by atoms with Gasteiger partial charge in [0, 0.05) is 32.9 Å². The van der Waals surface area contributed by atoms with E-state index in [2.05, 4.69) is 54.2 Å². The molecule has 0 aliphatic rings. The molecule has 25 heavy (non-hydrogen) atoms. The van der Waals surface area contributed by atoms with E-state index in [0.717, 1.165) is 50.5 Å². The Morgan fingerprint density at radius 3 is 2.88 bits per heavy atom. The lowest BCUT2D eigenvalue weighted by Gasteiger charge is -2.21. The Hall–Kier alpha value is -2.56. The van der Waals surface area contributed by atoms with E-state index in [0.29, 0.717) is 0 Å². The smallest absolute Gasteiger partial charge is 0.193 e. The highest BCUT2D eigenvalue weighted by Gasteiger charge is 2.05. The third-order valence-electron chi connectivity index (χ3n) is 3.92. The number of benzene rings is 1. The molecule has 2 rings (SSSR count). The van der Waals surface area contributed by atoms with Crippen molar-refractivity contribution in [2.45, 2.75) is 26.2 Å². The molecule has 1 N–H and O–H groups in total. The second-order valence-corrected chi connectivity index (χ2v) is 5.97. The van der Waals surface area contributed by atoms with Gasteiger partial charge in [0.15, 0.2) is 5.96 Å². The maximum Gasteiger partial charge on any atom is 0.193 e. The number of allylic oxidation sites excluding steroid dienone is 1. The van der Waals surface area contributed by atoms with Crippen molar-refractivity contribution in [3.8, 4) is 5.69 Å². The highest BCUT2D eigenvalue weighted by atomic mass is 15.3. The summed E-state index contributed by atoms with van der Waals surface area (Å²) >= 11 is 0. The lowest BCUT2D eigenvalue weighted by atomic mass is 10.2. The van der Waals surface area contributed by atoms with Gasteiger partial charge in [0.25, 0.3) is 0 Å². The lowest BCUT2D eigenvalue weighted by molar-refractivity contribution is 0.470. The van der Waals surface area contributed by atoms with E-state index in [1.165, 1.54) is 5.56 Å². The van der Waals surface area contributed by atoms with Crippen LogP contribution in [0.1, 0.15) is 25.3 Å². The zero-order chi connectivity index (χ0) is 17.9. The summed E-state index contributed by atoms with van der Waals surface area (Å²) in [4.78, 5) is 6.92. The average Bonchev–Trinajstić information content (AvgIpc) is 3.11. The summed E-state index contributed by atoms with van der Waals surface area (Å²) in [5, 5.41) is 7.79. The van der Waals surface area contributed by atoms with Gasteiger partial charge in [-0.25, -0.2) is 4.68 Å². The Balaban J connectivity index is 1.90. The zero-order valence-corrected chi connectivity index (χ0v) is 15.4. The van der Waals surface area contributed by atoms with Crippen LogP contribution in [0.3, 0.4) is 0 Å². The predicted molar refractivity (Wildman–Crippen MR) is 105 cm³/mol. The molecule has 2 aromatic rings. The van der Waals surface area contributed by atoms with Crippen molar-refractivity contribution in [2.24, 2.45) is 4.99 Å². The molecule has 0 spiro atoms. The van der Waals surface area contributed by atoms with Crippen LogP contribution in [0.25, 0.3) is 5.69 Å². The van der Waals surface area contributed by atoms with Gasteiger partial charge < -0.3 is 10.2 Å². The number of para-hydroxylation sites is 1. The fourth-order valence-electron chi connectivity index (χ4n) is 2.55. The van der Waals surface area contributed by atoms with Gasteiger partial charge in [0.2, 0.25) is 0 Å². The molecule has 0 atom stereocenters. The van der Waals surface area contributed by atoms with E-state index in [1.807, 2.05) is 35.2 Å². The molecule has 1 aromatic heterocycles. The van der Waals surface area contributed by atoms with Gasteiger partial charge in [-0.15, -0.1) is 6.58 Å². The second-order valence-electron chi connectivity index (χ2n) is 5.97. The summed E-state index contributed by atoms with van der Waals surface area (Å²) in [7, 11) is 2.08. The topological polar surface area (TPSA) is 45.5 Å². The molecule has 0 fully saturated rings. The summed E-state index contributed by atoms with van der Waals surface area (Å²) < 4.78 is 1.91. The summed E-state index contributed by atoms with van der Waals surface area (Å²) in [6.07, 6.45) is 8.95. The minimum atomic E-state index is 0.745. The molecule has 0 aliphatic heterocycles. The minimum absolute atomic E-state index is 0.745. The maximum absolute atomic E-state index is 4.74. The summed E-state index contributed by atoms with van der Waals surface area (Å²) in [5.41, 5.74) is 2.27. The lowest BCUT2D eigenvalue weighted by Crippen LogP contribution is -2.39. The normalized spacial score (nSPS) is 11.4. The van der Waals surface area contributed by atoms with E-state index >= 15 is 0 Å². The van der Waals surface area contributed by atoms with E-state index in [-0.39, 0.29) is 0 Å². The second kappa shape index (κ2) is 10.3. The average molecular weight is 339 g/mol. The molecule has 0 aliphatic carbocycles. The van der Waals surface area contributed by atoms with Crippen LogP contribution in [-0.2, 0) is 6.42 Å². The van der Waals surface area contributed by atoms with Crippen LogP contribution < -0.4 is 5.32 Å². The number of nitrogens with zero attached hydrogens (tertiary/aromatic N) is 4. The fourth-order valence-corrected chi connectivity index (χ4v) is 2.55. The molecule has 0 bridgehead atoms. The third-order valence-corrected chi connectivity index (χ3v) is 3.92. The molecule has 1 aromatic carbocycles. The quantitative estimate of drug-likeness (QED) is 0.330. The SMILES string of the molecule is C=CCCCN(C)C(=NCCc1cnn(-c2ccccc2)c1)NCC. The summed E-state index contributed by atoms with van der Waals surface area (Å²) in [6, 6.07) is 10.2. The van der Waals surface area contributed by atoms with Crippen molar-refractivity contribution in [3.05, 3.63) is 60.9 Å². The molecular formula is C20H29N5. The van der Waals surface area contributed by atoms with Gasteiger partial charge in [-0.05, 0) is 43.9 Å². The first-order chi connectivity index (χ1) is 12.2. The minimum Gasteiger partial charge on any atom is -0.357 e. The Kier molecular flexibility index (Phi) is 7.76. The third kappa shape index (κ3) is 6.10. The number of aliphatic imine (C=N–C) groups is 1. The van der Waals surface area contributed by atoms with Crippen LogP contribution in [0.15, 0.2) is 60.4 Å². The molecule has 5 nitrogen and oxygen atoms in total. The van der Waals surface area contributed by atoms with E-state index in [4.69, 9.17) is 4.99 Å². The molecule has 5 heteroatoms. The number of guanidine groups is 1. The van der Waals surface area contributed by atoms with Gasteiger partial charge >= 0.3 is 0 Å². The number of nitrogens with one attached hydrogen (secondary N) is 1. The standard InChI is InChI=1S/C20H29N5/c1-4-6-10-15-24(3)20(21-5-2)22-14-13-18-16-23-25(17-18)19-11-8-7-9-12-19/h4,7-9,11-12,16-17H,1,5-6,10,13-15H2,2-3H3,(H,21,22). The Labute approximate surface area is 151 Å². The Bertz CT molecular complexity index is 660. The van der Waals surface area contributed by atoms with Gasteiger partial charge in [0.05, 0.1) is 11.9 Å². The van der Waals surface area contributed by atoms with E-state index in [1.54, 1.807) is 0 Å². The molecule has 0 amide bonds. The molecule has 134 valence electrons. The fraction of sp³-hybridized carbons (Fsp3) is 0.400. The molecule has 0 saturated carbocycles. The molecular weight excluding hydrogens is 310 g/mol. The van der Waals surface area contributed by atoms with Crippen molar-refractivity contribution >= 4 is 5.96 Å². The summed E-state index contributed by atoms with van der Waals surface area (Å²) in [5.74, 6) is 0.960. The van der Waals surface area contributed by atoms with Crippen LogP contribution in [0.2, 0.25) is 0 Å². The summed E-state index contributed by atoms with van der Waals surface area (Å²) in [6.45, 7) is 8.46. The largest absolute Gasteiger partial charge is 0.357 e. The number of hydrogen-bond donors (Lipinski definition) is 1. The Morgan fingerprint density at radius 2 is 2.16 bits per heavy atom. The van der Waals surface area contributed by atoms with Crippen molar-refractivity contribution in [3.63, 3.8) is 0 Å². The van der Waals surface area contributed by atoms with Gasteiger partial charge in [-0.3, -0.25) is 4.99 Å². The molecule has 0 saturated heterocycles. The monoisotopic (exact) mass is 339 g/mol. The first-order valence-electron chi connectivity index (χ1n) is 8.94. The van der Waals surface area contributed by atoms with Crippen molar-refractivity contribution in [2.75, 3.05) is 26.7 Å². The zero-order valence-electron chi connectivity index (χ0n) is 15.4. The molecule has 0 unspecified atom stereocenters. The van der Waals surface area contributed by atoms with Crippen molar-refractivity contribution in [1.82, 2.24) is 20.0 Å². The van der Waals surface area contributed by atoms with Crippen LogP contribution >= 0.6 is 0 Å². The van der Waals surface area contributed by atoms with Crippen molar-refractivity contribution < 1.29 is 0 Å². The highest BCUT2D eigenvalue weighted by molar-refractivity contribution is 5.79. The van der Waals surface area contributed by atoms with E-state index in [9.17, 15) is 0 Å². The number of aromatic nitrogens is 2. The van der Waals surface area contributed by atoms with E-state index < -0.39 is 0 Å². The van der Waals surface area contributed by atoms with Crippen LogP contribution in [0.4, 0.5) is 0 Å². The molecule has 1 heterocycles. The number of unbranched alkanes of at least 4 members (excludes halogenated alkanes) is 1. The van der Waals surface area contributed by atoms with Crippen molar-refractivity contribution in [1.29, 1.82) is 0 Å². The molecule has 0 radical (unpaired) electrons. The first kappa shape index (κ1) is 18.8. The van der Waals surface area contributed by atoms with Gasteiger partial charge in [-0.1, -0.05) is 24.3 Å². The van der Waals surface area contributed by atoms with Gasteiger partial charge in [0.1, 0.15) is 0 Å². The predicted octanol–water partition coefficient (Wildman–Crippen LogP) is 3.28. The Morgan fingerprint density at radius 1 is 1.36 bits per heavy atom. The highest BCUT2D eigenvalue weighted by Crippen LogP contribution is 2.08. The van der Waals surface area contributed by atoms with Gasteiger partial charge in [-0.2, -0.15) is 5.10 Å². The van der Waals surface area contributed by atoms with Crippen LogP contribution in [0.5, 0.6) is 0 Å². The number of hydrogen-bond acceptors (Lipinski definition) is 2. The van der Waals surface area contributed by atoms with Crippen LogP contribution in [-0.4, -0.2) is 47.3 Å². The first-order valence-corrected chi connectivity index (χ1v) is 8.94.